The number of rotatable bonds is 2. The molecule has 0 saturated carbocycles. The molecule has 28 heavy (non-hydrogen) atoms. The average Bonchev–Trinajstić information content (AvgIpc) is 3.14. The quantitative estimate of drug-likeness (QED) is 0.532. The first kappa shape index (κ1) is 17.3. The lowest BCUT2D eigenvalue weighted by molar-refractivity contribution is -0.0190. The molecule has 3 aromatic carbocycles. The first-order chi connectivity index (χ1) is 13.6. The highest BCUT2D eigenvalue weighted by molar-refractivity contribution is 6.30. The van der Waals surface area contributed by atoms with Crippen molar-refractivity contribution in [3.63, 3.8) is 0 Å². The van der Waals surface area contributed by atoms with E-state index in [-0.39, 0.29) is 18.1 Å². The van der Waals surface area contributed by atoms with Crippen molar-refractivity contribution in [3.8, 4) is 5.75 Å². The molecule has 0 aliphatic carbocycles. The minimum Gasteiger partial charge on any atom is -0.464 e. The third kappa shape index (κ3) is 2.94. The molecule has 2 aliphatic heterocycles. The van der Waals surface area contributed by atoms with Gasteiger partial charge in [0.05, 0.1) is 11.8 Å². The summed E-state index contributed by atoms with van der Waals surface area (Å²) in [4.78, 5) is 0. The van der Waals surface area contributed by atoms with Crippen molar-refractivity contribution >= 4 is 17.3 Å². The molecule has 0 spiro atoms. The third-order valence-corrected chi connectivity index (χ3v) is 5.53. The van der Waals surface area contributed by atoms with Crippen LogP contribution < -0.4 is 4.74 Å². The Morgan fingerprint density at radius 2 is 1.79 bits per heavy atom. The summed E-state index contributed by atoms with van der Waals surface area (Å²) in [7, 11) is 0. The lowest BCUT2D eigenvalue weighted by Crippen LogP contribution is -2.33. The van der Waals surface area contributed by atoms with Gasteiger partial charge >= 0.3 is 0 Å². The summed E-state index contributed by atoms with van der Waals surface area (Å²) in [6.07, 6.45) is 0.391. The number of hydrogen-bond acceptors (Lipinski definition) is 3. The van der Waals surface area contributed by atoms with Gasteiger partial charge in [0.15, 0.2) is 0 Å². The minimum absolute atomic E-state index is 0.0220. The van der Waals surface area contributed by atoms with Crippen LogP contribution in [-0.2, 0) is 0 Å². The fourth-order valence-corrected chi connectivity index (χ4v) is 4.01. The van der Waals surface area contributed by atoms with E-state index in [4.69, 9.17) is 21.4 Å². The van der Waals surface area contributed by atoms with Crippen LogP contribution in [0.5, 0.6) is 5.75 Å². The van der Waals surface area contributed by atoms with Crippen LogP contribution in [-0.4, -0.2) is 10.7 Å². The van der Waals surface area contributed by atoms with Gasteiger partial charge in [0.2, 0.25) is 6.23 Å². The Hall–Kier alpha value is -2.85. The fraction of sp³-hybridized carbons (Fsp3) is 0.174. The van der Waals surface area contributed by atoms with Crippen LogP contribution in [0, 0.1) is 12.7 Å². The maximum atomic E-state index is 13.3. The van der Waals surface area contributed by atoms with Crippen molar-refractivity contribution in [2.24, 2.45) is 5.10 Å². The van der Waals surface area contributed by atoms with Gasteiger partial charge in [-0.2, -0.15) is 5.10 Å². The Balaban J connectivity index is 1.59. The maximum absolute atomic E-state index is 13.3. The summed E-state index contributed by atoms with van der Waals surface area (Å²) in [6, 6.07) is 20.5. The second-order valence-electron chi connectivity index (χ2n) is 7.22. The van der Waals surface area contributed by atoms with E-state index in [9.17, 15) is 4.39 Å². The maximum Gasteiger partial charge on any atom is 0.213 e. The highest BCUT2D eigenvalue weighted by atomic mass is 35.5. The van der Waals surface area contributed by atoms with Gasteiger partial charge in [-0.25, -0.2) is 9.40 Å². The van der Waals surface area contributed by atoms with E-state index in [0.29, 0.717) is 11.4 Å². The number of hydrogen-bond donors (Lipinski definition) is 0. The largest absolute Gasteiger partial charge is 0.464 e. The van der Waals surface area contributed by atoms with E-state index in [1.165, 1.54) is 17.7 Å². The Morgan fingerprint density at radius 1 is 1.04 bits per heavy atom. The number of aryl methyl sites for hydroxylation is 1. The van der Waals surface area contributed by atoms with Gasteiger partial charge in [-0.3, -0.25) is 0 Å². The normalized spacial score (nSPS) is 20.2. The van der Waals surface area contributed by atoms with Gasteiger partial charge in [0.25, 0.3) is 0 Å². The van der Waals surface area contributed by atoms with Gasteiger partial charge in [0, 0.05) is 22.6 Å². The third-order valence-electron chi connectivity index (χ3n) is 5.29. The number of fused-ring (bicyclic) bond motifs is 3. The first-order valence-electron chi connectivity index (χ1n) is 9.23. The Bertz CT molecular complexity index is 1060. The molecule has 0 N–H and O–H groups in total. The predicted molar refractivity (Wildman–Crippen MR) is 108 cm³/mol. The zero-order chi connectivity index (χ0) is 19.3. The Labute approximate surface area is 168 Å². The monoisotopic (exact) mass is 392 g/mol. The molecule has 5 heteroatoms. The van der Waals surface area contributed by atoms with E-state index in [1.54, 1.807) is 12.1 Å². The molecule has 0 bridgehead atoms. The smallest absolute Gasteiger partial charge is 0.213 e. The minimum atomic E-state index is -0.322. The van der Waals surface area contributed by atoms with E-state index in [2.05, 4.69) is 31.2 Å². The summed E-state index contributed by atoms with van der Waals surface area (Å²) in [5.41, 5.74) is 5.10. The highest BCUT2D eigenvalue weighted by Crippen LogP contribution is 2.48. The molecule has 0 amide bonds. The molecule has 3 aromatic rings. The number of ether oxygens (including phenoxy) is 1. The highest BCUT2D eigenvalue weighted by Gasteiger charge is 2.41. The topological polar surface area (TPSA) is 24.8 Å². The summed E-state index contributed by atoms with van der Waals surface area (Å²) in [5, 5.41) is 7.55. The molecule has 3 nitrogen and oxygen atoms in total. The van der Waals surface area contributed by atoms with Crippen molar-refractivity contribution in [1.82, 2.24) is 5.01 Å². The molecule has 0 fully saturated rings. The van der Waals surface area contributed by atoms with Crippen LogP contribution in [0.25, 0.3) is 0 Å². The molecule has 0 saturated heterocycles. The molecule has 2 aliphatic rings. The summed E-state index contributed by atoms with van der Waals surface area (Å²) < 4.78 is 19.7. The van der Waals surface area contributed by atoms with E-state index >= 15 is 0 Å². The van der Waals surface area contributed by atoms with Crippen LogP contribution >= 0.6 is 11.6 Å². The van der Waals surface area contributed by atoms with Crippen molar-refractivity contribution in [2.45, 2.75) is 25.6 Å². The molecule has 0 aromatic heterocycles. The van der Waals surface area contributed by atoms with Crippen molar-refractivity contribution in [3.05, 3.63) is 99.8 Å². The average molecular weight is 393 g/mol. The van der Waals surface area contributed by atoms with Crippen LogP contribution in [0.2, 0.25) is 5.02 Å². The SMILES string of the molecule is Cc1ccc([C@H]2Oc3ccc(Cl)cc3[C@@H]3CC(c4ccc(F)cc4)=NN23)cc1. The number of nitrogens with zero attached hydrogens (tertiary/aromatic N) is 2. The van der Waals surface area contributed by atoms with Crippen LogP contribution in [0.1, 0.15) is 40.9 Å². The van der Waals surface area contributed by atoms with Crippen molar-refractivity contribution < 1.29 is 9.13 Å². The molecule has 2 atom stereocenters. The summed E-state index contributed by atoms with van der Waals surface area (Å²) in [6.45, 7) is 2.06. The number of halogens is 2. The molecule has 0 unspecified atom stereocenters. The molecule has 2 heterocycles. The van der Waals surface area contributed by atoms with Crippen LogP contribution in [0.4, 0.5) is 4.39 Å². The van der Waals surface area contributed by atoms with Crippen LogP contribution in [0.15, 0.2) is 71.8 Å². The molecular formula is C23H18ClFN2O. The fourth-order valence-electron chi connectivity index (χ4n) is 3.83. The zero-order valence-corrected chi connectivity index (χ0v) is 16.0. The van der Waals surface area contributed by atoms with Crippen molar-refractivity contribution in [2.75, 3.05) is 0 Å². The molecule has 5 rings (SSSR count). The second-order valence-corrected chi connectivity index (χ2v) is 7.65. The van der Waals surface area contributed by atoms with Crippen molar-refractivity contribution in [1.29, 1.82) is 0 Å². The second kappa shape index (κ2) is 6.64. The zero-order valence-electron chi connectivity index (χ0n) is 15.3. The molecular weight excluding hydrogens is 375 g/mol. The Kier molecular flexibility index (Phi) is 4.09. The van der Waals surface area contributed by atoms with Gasteiger partial charge in [0.1, 0.15) is 11.6 Å². The molecule has 0 radical (unpaired) electrons. The Morgan fingerprint density at radius 3 is 2.54 bits per heavy atom. The van der Waals surface area contributed by atoms with E-state index in [0.717, 1.165) is 28.2 Å². The lowest BCUT2D eigenvalue weighted by Gasteiger charge is -2.38. The first-order valence-corrected chi connectivity index (χ1v) is 9.61. The van der Waals surface area contributed by atoms with Gasteiger partial charge < -0.3 is 4.74 Å². The standard InChI is InChI=1S/C23H18ClFN2O/c1-14-2-4-16(5-3-14)23-27-21(19-12-17(24)8-11-22(19)28-23)13-20(26-27)15-6-9-18(25)10-7-15/h2-12,21,23H,13H2,1H3/t21-,23+/m0/s1. The van der Waals surface area contributed by atoms with Gasteiger partial charge in [-0.1, -0.05) is 53.6 Å². The van der Waals surface area contributed by atoms with Gasteiger partial charge in [-0.05, 0) is 42.8 Å². The number of hydrazone groups is 1. The van der Waals surface area contributed by atoms with E-state index < -0.39 is 0 Å². The van der Waals surface area contributed by atoms with Crippen LogP contribution in [0.3, 0.4) is 0 Å². The predicted octanol–water partition coefficient (Wildman–Crippen LogP) is 6.03. The summed E-state index contributed by atoms with van der Waals surface area (Å²) in [5.74, 6) is 0.574. The van der Waals surface area contributed by atoms with Gasteiger partial charge in [-0.15, -0.1) is 0 Å². The summed E-state index contributed by atoms with van der Waals surface area (Å²) >= 11 is 6.26. The van der Waals surface area contributed by atoms with E-state index in [1.807, 2.05) is 23.2 Å². The lowest BCUT2D eigenvalue weighted by atomic mass is 9.96. The number of benzene rings is 3. The molecule has 140 valence electrons.